The first-order valence-electron chi connectivity index (χ1n) is 10.8. The number of carboxylic acid groups (broad SMARTS) is 1. The van der Waals surface area contributed by atoms with Crippen molar-refractivity contribution in [2.75, 3.05) is 5.32 Å². The molecule has 9 heteroatoms. The van der Waals surface area contributed by atoms with Gasteiger partial charge in [0.25, 0.3) is 0 Å². The second-order valence-corrected chi connectivity index (χ2v) is 9.41. The molecule has 1 aliphatic rings. The molecule has 0 aliphatic carbocycles. The van der Waals surface area contributed by atoms with Gasteiger partial charge in [-0.25, -0.2) is 4.39 Å². The predicted octanol–water partition coefficient (Wildman–Crippen LogP) is 5.50. The quantitative estimate of drug-likeness (QED) is 0.397. The fraction of sp³-hybridized carbons (Fsp3) is 0.200. The maximum atomic E-state index is 13.2. The molecular weight excluding hydrogens is 453 g/mol. The van der Waals surface area contributed by atoms with Gasteiger partial charge in [-0.05, 0) is 62.7 Å². The molecule has 2 aromatic heterocycles. The van der Waals surface area contributed by atoms with Crippen molar-refractivity contribution in [3.8, 4) is 5.00 Å². The summed E-state index contributed by atoms with van der Waals surface area (Å²) in [5.41, 5.74) is 5.31. The predicted molar refractivity (Wildman–Crippen MR) is 130 cm³/mol. The van der Waals surface area contributed by atoms with Gasteiger partial charge in [-0.2, -0.15) is 0 Å². The van der Waals surface area contributed by atoms with Gasteiger partial charge < -0.3 is 10.4 Å². The van der Waals surface area contributed by atoms with Crippen molar-refractivity contribution in [2.45, 2.75) is 33.2 Å². The average Bonchev–Trinajstić information content (AvgIpc) is 3.28. The van der Waals surface area contributed by atoms with Crippen LogP contribution in [0.5, 0.6) is 0 Å². The molecule has 3 heterocycles. The first-order chi connectivity index (χ1) is 16.3. The van der Waals surface area contributed by atoms with Crippen LogP contribution >= 0.6 is 11.3 Å². The van der Waals surface area contributed by atoms with Crippen LogP contribution in [0.3, 0.4) is 0 Å². The lowest BCUT2D eigenvalue weighted by molar-refractivity contribution is -0.137. The lowest BCUT2D eigenvalue weighted by atomic mass is 9.99. The molecule has 4 aromatic rings. The largest absolute Gasteiger partial charge is 0.481 e. The number of halogens is 1. The van der Waals surface area contributed by atoms with Crippen molar-refractivity contribution < 1.29 is 14.3 Å². The van der Waals surface area contributed by atoms with Gasteiger partial charge in [-0.15, -0.1) is 21.5 Å². The standard InChI is InChI=1S/C25H22FN5O2S/c1-13-14(2)34-25-22(13)23(28-20(12-21(32)33)24-30-29-15(3)31(24)25)16-4-8-18(9-5-16)27-19-10-6-17(26)7-11-19/h4-11,20,27H,12H2,1-3H3,(H,32,33)/t20-/m0/s1. The number of aliphatic imine (C=N–C) groups is 1. The SMILES string of the molecule is Cc1sc2c(c1C)C(c1ccc(Nc3ccc(F)cc3)cc1)=N[C@@H](CC(=O)O)c1nnc(C)n1-2. The maximum absolute atomic E-state index is 13.2. The molecule has 0 saturated carbocycles. The number of hydrogen-bond donors (Lipinski definition) is 2. The van der Waals surface area contributed by atoms with Gasteiger partial charge in [-0.3, -0.25) is 14.4 Å². The minimum Gasteiger partial charge on any atom is -0.481 e. The molecule has 172 valence electrons. The molecule has 34 heavy (non-hydrogen) atoms. The van der Waals surface area contributed by atoms with Crippen LogP contribution in [0.15, 0.2) is 53.5 Å². The highest BCUT2D eigenvalue weighted by Crippen LogP contribution is 2.39. The number of nitrogens with zero attached hydrogens (tertiary/aromatic N) is 4. The molecule has 2 aromatic carbocycles. The van der Waals surface area contributed by atoms with E-state index in [0.717, 1.165) is 43.7 Å². The monoisotopic (exact) mass is 475 g/mol. The summed E-state index contributed by atoms with van der Waals surface area (Å²) in [4.78, 5) is 17.7. The Bertz CT molecular complexity index is 1420. The van der Waals surface area contributed by atoms with Crippen LogP contribution in [0, 0.1) is 26.6 Å². The van der Waals surface area contributed by atoms with E-state index >= 15 is 0 Å². The van der Waals surface area contributed by atoms with Crippen LogP contribution in [-0.2, 0) is 4.79 Å². The fourth-order valence-electron chi connectivity index (χ4n) is 4.10. The van der Waals surface area contributed by atoms with Crippen molar-refractivity contribution in [3.63, 3.8) is 0 Å². The van der Waals surface area contributed by atoms with Gasteiger partial charge in [0.1, 0.15) is 22.7 Å². The van der Waals surface area contributed by atoms with Crippen LogP contribution in [0.4, 0.5) is 15.8 Å². The number of rotatable bonds is 5. The van der Waals surface area contributed by atoms with E-state index in [1.54, 1.807) is 23.5 Å². The van der Waals surface area contributed by atoms with E-state index in [0.29, 0.717) is 11.6 Å². The van der Waals surface area contributed by atoms with E-state index in [-0.39, 0.29) is 12.2 Å². The van der Waals surface area contributed by atoms with Gasteiger partial charge in [0.05, 0.1) is 12.1 Å². The fourth-order valence-corrected chi connectivity index (χ4v) is 5.32. The topological polar surface area (TPSA) is 92.4 Å². The second-order valence-electron chi connectivity index (χ2n) is 8.20. The number of aliphatic carboxylic acids is 1. The molecule has 1 aliphatic heterocycles. The molecule has 0 fully saturated rings. The van der Waals surface area contributed by atoms with Gasteiger partial charge in [-0.1, -0.05) is 12.1 Å². The zero-order chi connectivity index (χ0) is 24.0. The molecular formula is C25H22FN5O2S. The zero-order valence-corrected chi connectivity index (χ0v) is 19.7. The Morgan fingerprint density at radius 1 is 1.06 bits per heavy atom. The third-order valence-electron chi connectivity index (χ3n) is 5.90. The van der Waals surface area contributed by atoms with Crippen LogP contribution in [0.2, 0.25) is 0 Å². The highest BCUT2D eigenvalue weighted by Gasteiger charge is 2.32. The summed E-state index contributed by atoms with van der Waals surface area (Å²) in [5.74, 6) is -0.00158. The number of carboxylic acids is 1. The molecule has 1 atom stereocenters. The molecule has 2 N–H and O–H groups in total. The number of anilines is 2. The summed E-state index contributed by atoms with van der Waals surface area (Å²) < 4.78 is 15.1. The van der Waals surface area contributed by atoms with Gasteiger partial charge in [0.2, 0.25) is 0 Å². The van der Waals surface area contributed by atoms with E-state index in [1.807, 2.05) is 35.8 Å². The summed E-state index contributed by atoms with van der Waals surface area (Å²) in [5, 5.41) is 22.3. The highest BCUT2D eigenvalue weighted by atomic mass is 32.1. The smallest absolute Gasteiger partial charge is 0.306 e. The lowest BCUT2D eigenvalue weighted by Crippen LogP contribution is -2.10. The summed E-state index contributed by atoms with van der Waals surface area (Å²) >= 11 is 1.63. The Balaban J connectivity index is 1.60. The van der Waals surface area contributed by atoms with Crippen molar-refractivity contribution in [1.82, 2.24) is 14.8 Å². The molecule has 0 spiro atoms. The molecule has 0 saturated heterocycles. The van der Waals surface area contributed by atoms with Gasteiger partial charge in [0, 0.05) is 27.4 Å². The summed E-state index contributed by atoms with van der Waals surface area (Å²) in [7, 11) is 0. The van der Waals surface area contributed by atoms with Gasteiger partial charge >= 0.3 is 5.97 Å². The Morgan fingerprint density at radius 3 is 2.35 bits per heavy atom. The summed E-state index contributed by atoms with van der Waals surface area (Å²) in [6.07, 6.45) is -0.182. The van der Waals surface area contributed by atoms with Crippen molar-refractivity contribution in [1.29, 1.82) is 0 Å². The first kappa shape index (κ1) is 22.0. The van der Waals surface area contributed by atoms with Gasteiger partial charge in [0.15, 0.2) is 5.82 Å². The number of aromatic nitrogens is 3. The highest BCUT2D eigenvalue weighted by molar-refractivity contribution is 7.15. The number of hydrogen-bond acceptors (Lipinski definition) is 6. The Morgan fingerprint density at radius 2 is 1.71 bits per heavy atom. The average molecular weight is 476 g/mol. The Hall–Kier alpha value is -3.85. The van der Waals surface area contributed by atoms with E-state index in [4.69, 9.17) is 4.99 Å². The van der Waals surface area contributed by atoms with Crippen molar-refractivity contribution in [3.05, 3.63) is 87.6 Å². The lowest BCUT2D eigenvalue weighted by Gasteiger charge is -2.12. The number of thiophene rings is 1. The van der Waals surface area contributed by atoms with Crippen molar-refractivity contribution >= 4 is 34.4 Å². The van der Waals surface area contributed by atoms with Crippen LogP contribution in [0.1, 0.15) is 45.7 Å². The van der Waals surface area contributed by atoms with Crippen LogP contribution < -0.4 is 5.32 Å². The summed E-state index contributed by atoms with van der Waals surface area (Å²) in [6, 6.07) is 13.3. The van der Waals surface area contributed by atoms with E-state index < -0.39 is 12.0 Å². The summed E-state index contributed by atoms with van der Waals surface area (Å²) in [6.45, 7) is 5.99. The van der Waals surface area contributed by atoms with Crippen LogP contribution in [-0.4, -0.2) is 31.6 Å². The number of fused-ring (bicyclic) bond motifs is 3. The molecule has 0 bridgehead atoms. The molecule has 7 nitrogen and oxygen atoms in total. The minimum absolute atomic E-state index is 0.182. The van der Waals surface area contributed by atoms with Crippen molar-refractivity contribution in [2.24, 2.45) is 4.99 Å². The Kier molecular flexibility index (Phi) is 5.49. The molecule has 0 radical (unpaired) electrons. The number of benzene rings is 2. The first-order valence-corrected chi connectivity index (χ1v) is 11.6. The third-order valence-corrected chi connectivity index (χ3v) is 7.09. The maximum Gasteiger partial charge on any atom is 0.306 e. The minimum atomic E-state index is -0.947. The molecule has 0 amide bonds. The van der Waals surface area contributed by atoms with E-state index in [1.165, 1.54) is 12.1 Å². The normalized spacial score (nSPS) is 14.7. The van der Waals surface area contributed by atoms with E-state index in [9.17, 15) is 14.3 Å². The number of carbonyl (C=O) groups is 1. The van der Waals surface area contributed by atoms with Crippen LogP contribution in [0.25, 0.3) is 5.00 Å². The zero-order valence-electron chi connectivity index (χ0n) is 18.8. The molecule has 0 unspecified atom stereocenters. The number of nitrogens with one attached hydrogen (secondary N) is 1. The number of aryl methyl sites for hydroxylation is 2. The third kappa shape index (κ3) is 3.88. The Labute approximate surface area is 199 Å². The van der Waals surface area contributed by atoms with E-state index in [2.05, 4.69) is 29.4 Å². The molecule has 5 rings (SSSR count). The second kappa shape index (κ2) is 8.49.